The van der Waals surface area contributed by atoms with Crippen LogP contribution >= 0.6 is 0 Å². The Kier molecular flexibility index (Phi) is 1.64. The molecule has 0 aliphatic carbocycles. The van der Waals surface area contributed by atoms with E-state index in [2.05, 4.69) is 11.3 Å². The molecule has 1 radical (unpaired) electrons. The number of aliphatic hydroxyl groups is 1. The lowest BCUT2D eigenvalue weighted by atomic mass is 10.7. The van der Waals surface area contributed by atoms with Crippen molar-refractivity contribution in [1.29, 1.82) is 0 Å². The maximum absolute atomic E-state index is 8.36. The molecule has 3 nitrogen and oxygen atoms in total. The van der Waals surface area contributed by atoms with Gasteiger partial charge in [-0.25, -0.2) is 0 Å². The quantitative estimate of drug-likeness (QED) is 0.567. The van der Waals surface area contributed by atoms with Crippen molar-refractivity contribution in [3.8, 4) is 0 Å². The minimum atomic E-state index is 0.134. The largest absolute Gasteiger partial charge is 0.394 e. The lowest BCUT2D eigenvalue weighted by Crippen LogP contribution is -2.01. The van der Waals surface area contributed by atoms with Gasteiger partial charge < -0.3 is 5.11 Å². The normalized spacial score (nSPS) is 9.62. The highest BCUT2D eigenvalue weighted by molar-refractivity contribution is 4.74. The second kappa shape index (κ2) is 2.47. The van der Waals surface area contributed by atoms with E-state index in [1.54, 1.807) is 16.9 Å². The zero-order valence-electron chi connectivity index (χ0n) is 4.41. The zero-order valence-corrected chi connectivity index (χ0v) is 4.41. The first kappa shape index (κ1) is 5.31. The van der Waals surface area contributed by atoms with Gasteiger partial charge in [0.2, 0.25) is 0 Å². The smallest absolute Gasteiger partial charge is 0.113 e. The molecular formula is C5H7N2O. The molecule has 0 saturated carbocycles. The maximum Gasteiger partial charge on any atom is 0.113 e. The molecule has 0 unspecified atom stereocenters. The van der Waals surface area contributed by atoms with Crippen molar-refractivity contribution in [2.45, 2.75) is 6.54 Å². The van der Waals surface area contributed by atoms with E-state index in [4.69, 9.17) is 5.11 Å². The summed E-state index contributed by atoms with van der Waals surface area (Å²) in [6.45, 7) is 0.693. The minimum Gasteiger partial charge on any atom is -0.394 e. The van der Waals surface area contributed by atoms with E-state index in [0.29, 0.717) is 6.54 Å². The van der Waals surface area contributed by atoms with Gasteiger partial charge in [0.25, 0.3) is 0 Å². The van der Waals surface area contributed by atoms with E-state index in [1.807, 2.05) is 0 Å². The molecule has 0 saturated heterocycles. The van der Waals surface area contributed by atoms with Crippen LogP contribution in [0.1, 0.15) is 0 Å². The Morgan fingerprint density at radius 3 is 3.12 bits per heavy atom. The van der Waals surface area contributed by atoms with Crippen molar-refractivity contribution in [2.75, 3.05) is 6.61 Å². The molecule has 0 aromatic carbocycles. The van der Waals surface area contributed by atoms with Gasteiger partial charge in [-0.2, -0.15) is 5.10 Å². The summed E-state index contributed by atoms with van der Waals surface area (Å²) in [7, 11) is 0. The fraction of sp³-hybridized carbons (Fsp3) is 0.400. The predicted octanol–water partition coefficient (Wildman–Crippen LogP) is -0.324. The Bertz CT molecular complexity index is 136. The second-order valence-corrected chi connectivity index (χ2v) is 1.43. The molecule has 1 rings (SSSR count). The molecule has 0 aliphatic rings. The third-order valence-corrected chi connectivity index (χ3v) is 0.836. The topological polar surface area (TPSA) is 38.0 Å². The van der Waals surface area contributed by atoms with E-state index < -0.39 is 0 Å². The van der Waals surface area contributed by atoms with Gasteiger partial charge >= 0.3 is 0 Å². The van der Waals surface area contributed by atoms with Gasteiger partial charge in [0.1, 0.15) is 6.20 Å². The fourth-order valence-corrected chi connectivity index (χ4v) is 0.487. The van der Waals surface area contributed by atoms with Gasteiger partial charge in [-0.05, 0) is 6.07 Å². The lowest BCUT2D eigenvalue weighted by molar-refractivity contribution is 0.269. The highest BCUT2D eigenvalue weighted by atomic mass is 16.3. The van der Waals surface area contributed by atoms with E-state index in [1.165, 1.54) is 0 Å². The number of hydrogen-bond acceptors (Lipinski definition) is 2. The number of aliphatic hydroxyl groups excluding tert-OH is 1. The predicted molar refractivity (Wildman–Crippen MR) is 28.1 cm³/mol. The van der Waals surface area contributed by atoms with Gasteiger partial charge in [-0.1, -0.05) is 0 Å². The summed E-state index contributed by atoms with van der Waals surface area (Å²) in [4.78, 5) is 0. The van der Waals surface area contributed by atoms with Gasteiger partial charge in [-0.15, -0.1) is 0 Å². The first-order chi connectivity index (χ1) is 3.93. The van der Waals surface area contributed by atoms with Crippen LogP contribution < -0.4 is 0 Å². The monoisotopic (exact) mass is 111 g/mol. The molecule has 0 fully saturated rings. The van der Waals surface area contributed by atoms with Crippen LogP contribution in [0.2, 0.25) is 0 Å². The fourth-order valence-electron chi connectivity index (χ4n) is 0.487. The van der Waals surface area contributed by atoms with Gasteiger partial charge in [0.15, 0.2) is 0 Å². The molecule has 0 atom stereocenters. The number of hydrogen-bond donors (Lipinski definition) is 1. The van der Waals surface area contributed by atoms with Crippen molar-refractivity contribution in [3.63, 3.8) is 0 Å². The molecule has 1 N–H and O–H groups in total. The van der Waals surface area contributed by atoms with Crippen molar-refractivity contribution >= 4 is 0 Å². The van der Waals surface area contributed by atoms with E-state index in [0.717, 1.165) is 0 Å². The molecule has 0 bridgehead atoms. The number of rotatable bonds is 2. The van der Waals surface area contributed by atoms with Crippen LogP contribution in [-0.2, 0) is 6.54 Å². The third kappa shape index (κ3) is 1.07. The molecule has 1 aromatic heterocycles. The van der Waals surface area contributed by atoms with Crippen LogP contribution in [0, 0.1) is 6.20 Å². The van der Waals surface area contributed by atoms with E-state index >= 15 is 0 Å². The summed E-state index contributed by atoms with van der Waals surface area (Å²) in [5.41, 5.74) is 0. The summed E-state index contributed by atoms with van der Waals surface area (Å²) >= 11 is 0. The first-order valence-electron chi connectivity index (χ1n) is 2.44. The van der Waals surface area contributed by atoms with Crippen LogP contribution in [-0.4, -0.2) is 21.5 Å². The van der Waals surface area contributed by atoms with Crippen molar-refractivity contribution < 1.29 is 5.11 Å². The molecule has 8 heavy (non-hydrogen) atoms. The molecule has 1 aromatic rings. The Hall–Kier alpha value is -0.830. The average molecular weight is 111 g/mol. The summed E-state index contributed by atoms with van der Waals surface area (Å²) in [5, 5.41) is 12.1. The van der Waals surface area contributed by atoms with Gasteiger partial charge in [-0.3, -0.25) is 4.68 Å². The lowest BCUT2D eigenvalue weighted by Gasteiger charge is -1.92. The maximum atomic E-state index is 8.36. The highest BCUT2D eigenvalue weighted by Crippen LogP contribution is 1.79. The Labute approximate surface area is 47.6 Å². The second-order valence-electron chi connectivity index (χ2n) is 1.43. The summed E-state index contributed by atoms with van der Waals surface area (Å²) < 4.78 is 1.62. The standard InChI is InChI=1S/C5H7N2O/c8-5-4-7-3-1-2-6-7/h1,3,8H,4-5H2. The van der Waals surface area contributed by atoms with Crippen LogP contribution in [0.15, 0.2) is 12.3 Å². The van der Waals surface area contributed by atoms with Crippen LogP contribution in [0.3, 0.4) is 0 Å². The first-order valence-corrected chi connectivity index (χ1v) is 2.44. The van der Waals surface area contributed by atoms with Gasteiger partial charge in [0, 0.05) is 6.20 Å². The molecule has 3 heteroatoms. The third-order valence-electron chi connectivity index (χ3n) is 0.836. The Morgan fingerprint density at radius 2 is 2.62 bits per heavy atom. The summed E-state index contributed by atoms with van der Waals surface area (Å²) in [6.07, 6.45) is 4.38. The summed E-state index contributed by atoms with van der Waals surface area (Å²) in [6, 6.07) is 1.70. The minimum absolute atomic E-state index is 0.134. The van der Waals surface area contributed by atoms with Crippen LogP contribution in [0.4, 0.5) is 0 Å². The molecular weight excluding hydrogens is 104 g/mol. The van der Waals surface area contributed by atoms with Crippen molar-refractivity contribution in [3.05, 3.63) is 18.5 Å². The van der Waals surface area contributed by atoms with Gasteiger partial charge in [0.05, 0.1) is 13.2 Å². The zero-order chi connectivity index (χ0) is 5.82. The van der Waals surface area contributed by atoms with E-state index in [9.17, 15) is 0 Å². The highest BCUT2D eigenvalue weighted by Gasteiger charge is 1.83. The number of nitrogens with zero attached hydrogens (tertiary/aromatic N) is 2. The Morgan fingerprint density at radius 1 is 1.75 bits per heavy atom. The summed E-state index contributed by atoms with van der Waals surface area (Å²) in [5.74, 6) is 0. The average Bonchev–Trinajstić information content (AvgIpc) is 2.19. The molecule has 0 amide bonds. The van der Waals surface area contributed by atoms with Crippen molar-refractivity contribution in [1.82, 2.24) is 9.78 Å². The van der Waals surface area contributed by atoms with Crippen molar-refractivity contribution in [2.24, 2.45) is 0 Å². The molecule has 0 spiro atoms. The molecule has 0 aliphatic heterocycles. The molecule has 1 heterocycles. The van der Waals surface area contributed by atoms with Crippen LogP contribution in [0.5, 0.6) is 0 Å². The Balaban J connectivity index is 2.50. The van der Waals surface area contributed by atoms with E-state index in [-0.39, 0.29) is 6.61 Å². The van der Waals surface area contributed by atoms with Crippen LogP contribution in [0.25, 0.3) is 0 Å². The number of aromatic nitrogens is 2. The SMILES string of the molecule is OCCn1cc[c]n1. The molecule has 43 valence electrons.